The highest BCUT2D eigenvalue weighted by atomic mass is 35.5. The van der Waals surface area contributed by atoms with E-state index in [1.54, 1.807) is 12.1 Å². The molecule has 42 heavy (non-hydrogen) atoms. The van der Waals surface area contributed by atoms with Crippen molar-refractivity contribution >= 4 is 34.6 Å². The number of halogens is 1. The number of carboxylic acid groups (broad SMARTS) is 1. The van der Waals surface area contributed by atoms with Crippen LogP contribution in [-0.2, 0) is 11.3 Å². The highest BCUT2D eigenvalue weighted by Gasteiger charge is 2.39. The van der Waals surface area contributed by atoms with Gasteiger partial charge < -0.3 is 19.3 Å². The Balaban J connectivity index is 1.47. The second-order valence-electron chi connectivity index (χ2n) is 12.0. The summed E-state index contributed by atoms with van der Waals surface area (Å²) in [5.74, 6) is 0.470. The van der Waals surface area contributed by atoms with Gasteiger partial charge in [-0.15, -0.1) is 0 Å². The van der Waals surface area contributed by atoms with Gasteiger partial charge in [0, 0.05) is 23.7 Å². The summed E-state index contributed by atoms with van der Waals surface area (Å²) in [4.78, 5) is 39.0. The number of carboxylic acids is 1. The van der Waals surface area contributed by atoms with Crippen LogP contribution < -0.4 is 10.7 Å². The Labute approximate surface area is 246 Å². The van der Waals surface area contributed by atoms with E-state index < -0.39 is 11.7 Å². The Kier molecular flexibility index (Phi) is 7.02. The number of hydrogen-bond donors (Lipinski definition) is 2. The van der Waals surface area contributed by atoms with Gasteiger partial charge >= 0.3 is 11.7 Å². The summed E-state index contributed by atoms with van der Waals surface area (Å²) >= 11 is 6.44. The van der Waals surface area contributed by atoms with Crippen molar-refractivity contribution in [1.29, 1.82) is 0 Å². The predicted molar refractivity (Wildman–Crippen MR) is 157 cm³/mol. The number of anilines is 1. The van der Waals surface area contributed by atoms with Crippen LogP contribution >= 0.6 is 11.6 Å². The number of ether oxygens (including phenoxy) is 1. The topological polar surface area (TPSA) is 139 Å². The lowest BCUT2D eigenvalue weighted by Crippen LogP contribution is -2.49. The zero-order valence-electron chi connectivity index (χ0n) is 23.4. The van der Waals surface area contributed by atoms with E-state index >= 15 is 0 Å². The molecule has 2 saturated carbocycles. The first kappa shape index (κ1) is 27.2. The Hall–Kier alpha value is -3.70. The molecule has 0 spiro atoms. The number of pyridine rings is 1. The van der Waals surface area contributed by atoms with Crippen LogP contribution in [0.5, 0.6) is 0 Å². The summed E-state index contributed by atoms with van der Waals surface area (Å²) in [5, 5.41) is 14.0. The van der Waals surface area contributed by atoms with Crippen LogP contribution in [0, 0.1) is 11.8 Å². The minimum absolute atomic E-state index is 0.0576. The molecule has 11 nitrogen and oxygen atoms in total. The Bertz CT molecular complexity index is 1700. The van der Waals surface area contributed by atoms with Crippen LogP contribution in [0.1, 0.15) is 62.2 Å². The number of fused-ring (bicyclic) bond motifs is 2. The number of imidazole rings is 1. The average molecular weight is 593 g/mol. The van der Waals surface area contributed by atoms with E-state index in [1.165, 1.54) is 18.9 Å². The van der Waals surface area contributed by atoms with Gasteiger partial charge in [0.05, 0.1) is 41.0 Å². The average Bonchev–Trinajstić information content (AvgIpc) is 3.72. The van der Waals surface area contributed by atoms with Gasteiger partial charge in [-0.3, -0.25) is 9.51 Å². The number of H-pyrrole nitrogens is 1. The first-order valence-electron chi connectivity index (χ1n) is 14.7. The third-order valence-electron chi connectivity index (χ3n) is 9.12. The smallest absolute Gasteiger partial charge is 0.439 e. The largest absolute Gasteiger partial charge is 0.478 e. The van der Waals surface area contributed by atoms with Crippen LogP contribution in [0.25, 0.3) is 33.8 Å². The SMILES string of the molecule is CC1CCC(Cn2c(N3CCO[C@@H]4CCC[C@H]43)nc3cc(-c4noc(=O)[nH]4)nc(-c4cc(Cl)cc(C(=O)O)c4)c32)CC1. The van der Waals surface area contributed by atoms with Crippen molar-refractivity contribution in [3.8, 4) is 22.8 Å². The molecule has 0 radical (unpaired) electrons. The van der Waals surface area contributed by atoms with Gasteiger partial charge in [-0.1, -0.05) is 36.5 Å². The van der Waals surface area contributed by atoms with Crippen molar-refractivity contribution < 1.29 is 19.2 Å². The molecule has 12 heteroatoms. The molecule has 0 amide bonds. The molecule has 3 fully saturated rings. The summed E-state index contributed by atoms with van der Waals surface area (Å²) in [6, 6.07) is 6.76. The molecular formula is C30H33ClN6O5. The molecule has 4 heterocycles. The number of aromatic carboxylic acids is 1. The number of carbonyl (C=O) groups is 1. The third kappa shape index (κ3) is 4.98. The third-order valence-corrected chi connectivity index (χ3v) is 9.34. The highest BCUT2D eigenvalue weighted by molar-refractivity contribution is 6.31. The van der Waals surface area contributed by atoms with Crippen molar-refractivity contribution in [3.63, 3.8) is 0 Å². The minimum atomic E-state index is -1.09. The second-order valence-corrected chi connectivity index (χ2v) is 12.4. The summed E-state index contributed by atoms with van der Waals surface area (Å²) < 4.78 is 13.2. The van der Waals surface area contributed by atoms with Crippen molar-refractivity contribution in [2.24, 2.45) is 11.8 Å². The summed E-state index contributed by atoms with van der Waals surface area (Å²) in [5.41, 5.74) is 2.97. The van der Waals surface area contributed by atoms with E-state index in [9.17, 15) is 14.7 Å². The van der Waals surface area contributed by atoms with Crippen LogP contribution in [0.15, 0.2) is 33.6 Å². The number of aromatic amines is 1. The lowest BCUT2D eigenvalue weighted by atomic mass is 9.83. The normalized spacial score (nSPS) is 24.3. The fourth-order valence-electron chi connectivity index (χ4n) is 6.99. The van der Waals surface area contributed by atoms with Crippen LogP contribution in [0.4, 0.5) is 5.95 Å². The minimum Gasteiger partial charge on any atom is -0.478 e. The van der Waals surface area contributed by atoms with Gasteiger partial charge in [0.15, 0.2) is 0 Å². The lowest BCUT2D eigenvalue weighted by Gasteiger charge is -2.39. The van der Waals surface area contributed by atoms with Crippen LogP contribution in [0.3, 0.4) is 0 Å². The lowest BCUT2D eigenvalue weighted by molar-refractivity contribution is 0.0247. The maximum atomic E-state index is 12.0. The van der Waals surface area contributed by atoms with E-state index in [1.807, 2.05) is 6.07 Å². The molecule has 2 atom stereocenters. The Morgan fingerprint density at radius 2 is 1.95 bits per heavy atom. The first-order chi connectivity index (χ1) is 20.3. The molecule has 1 saturated heterocycles. The molecule has 2 aliphatic carbocycles. The van der Waals surface area contributed by atoms with E-state index in [0.29, 0.717) is 35.0 Å². The quantitative estimate of drug-likeness (QED) is 0.302. The fraction of sp³-hybridized carbons (Fsp3) is 0.500. The molecule has 0 bridgehead atoms. The van der Waals surface area contributed by atoms with Crippen molar-refractivity contribution in [2.75, 3.05) is 18.1 Å². The van der Waals surface area contributed by atoms with Gasteiger partial charge in [-0.25, -0.2) is 19.6 Å². The second kappa shape index (κ2) is 10.9. The monoisotopic (exact) mass is 592 g/mol. The van der Waals surface area contributed by atoms with Gasteiger partial charge in [0.1, 0.15) is 5.69 Å². The highest BCUT2D eigenvalue weighted by Crippen LogP contribution is 2.40. The summed E-state index contributed by atoms with van der Waals surface area (Å²) in [6.45, 7) is 4.46. The molecular weight excluding hydrogens is 560 g/mol. The Morgan fingerprint density at radius 3 is 2.71 bits per heavy atom. The number of benzene rings is 1. The van der Waals surface area contributed by atoms with Gasteiger partial charge in [0.2, 0.25) is 11.8 Å². The van der Waals surface area contributed by atoms with Crippen molar-refractivity contribution in [2.45, 2.75) is 70.6 Å². The molecule has 0 unspecified atom stereocenters. The number of nitrogens with zero attached hydrogens (tertiary/aromatic N) is 5. The van der Waals surface area contributed by atoms with E-state index in [2.05, 4.69) is 26.5 Å². The number of morpholine rings is 1. The van der Waals surface area contributed by atoms with Crippen molar-refractivity contribution in [1.82, 2.24) is 24.7 Å². The number of hydrogen-bond acceptors (Lipinski definition) is 8. The maximum absolute atomic E-state index is 12.0. The number of aromatic nitrogens is 5. The molecule has 7 rings (SSSR count). The van der Waals surface area contributed by atoms with Crippen LogP contribution in [-0.4, -0.2) is 61.0 Å². The van der Waals surface area contributed by atoms with E-state index in [4.69, 9.17) is 30.8 Å². The predicted octanol–water partition coefficient (Wildman–Crippen LogP) is 5.38. The molecule has 3 aliphatic rings. The molecule has 220 valence electrons. The number of nitrogens with one attached hydrogen (secondary N) is 1. The summed E-state index contributed by atoms with van der Waals surface area (Å²) in [7, 11) is 0. The fourth-order valence-corrected chi connectivity index (χ4v) is 7.23. The van der Waals surface area contributed by atoms with Gasteiger partial charge in [0.25, 0.3) is 0 Å². The zero-order chi connectivity index (χ0) is 29.0. The molecule has 3 aromatic heterocycles. The van der Waals surface area contributed by atoms with E-state index in [-0.39, 0.29) is 28.6 Å². The standard InChI is InChI=1S/C30H33ClN6O5/c1-16-5-7-17(8-6-16)15-37-26-21(33-29(37)36-9-10-41-24-4-2-3-23(24)36)14-22(27-34-30(40)42-35-27)32-25(26)18-11-19(28(38)39)13-20(31)12-18/h11-14,16-17,23-24H,2-10,15H2,1H3,(H,38,39)(H,34,35,40)/t16?,17?,23-,24-/m1/s1. The zero-order valence-corrected chi connectivity index (χ0v) is 24.1. The molecule has 4 aromatic rings. The molecule has 1 aliphatic heterocycles. The van der Waals surface area contributed by atoms with E-state index in [0.717, 1.165) is 62.6 Å². The van der Waals surface area contributed by atoms with Gasteiger partial charge in [-0.05, 0) is 68.2 Å². The maximum Gasteiger partial charge on any atom is 0.439 e. The summed E-state index contributed by atoms with van der Waals surface area (Å²) in [6.07, 6.45) is 8.04. The first-order valence-corrected chi connectivity index (χ1v) is 15.1. The van der Waals surface area contributed by atoms with Gasteiger partial charge in [-0.2, -0.15) is 0 Å². The Morgan fingerprint density at radius 1 is 1.12 bits per heavy atom. The molecule has 2 N–H and O–H groups in total. The van der Waals surface area contributed by atoms with Crippen LogP contribution in [0.2, 0.25) is 5.02 Å². The number of rotatable bonds is 6. The molecule has 1 aromatic carbocycles. The van der Waals surface area contributed by atoms with Crippen molar-refractivity contribution in [3.05, 3.63) is 45.4 Å².